The van der Waals surface area contributed by atoms with Crippen molar-refractivity contribution in [2.75, 3.05) is 37.6 Å². The van der Waals surface area contributed by atoms with Gasteiger partial charge in [-0.05, 0) is 42.5 Å². The van der Waals surface area contributed by atoms with Gasteiger partial charge in [0, 0.05) is 55.1 Å². The molecule has 0 aliphatic carbocycles. The summed E-state index contributed by atoms with van der Waals surface area (Å²) in [6.45, 7) is 4.83. The monoisotopic (exact) mass is 412 g/mol. The molecule has 7 heteroatoms. The maximum atomic E-state index is 13.1. The number of nitrogens with zero attached hydrogens (tertiary/aromatic N) is 4. The molecule has 0 amide bonds. The fraction of sp³-hybridized carbons (Fsp3) is 0.273. The average molecular weight is 413 g/mol. The van der Waals surface area contributed by atoms with Crippen molar-refractivity contribution in [1.82, 2.24) is 14.7 Å². The van der Waals surface area contributed by atoms with Gasteiger partial charge in [0.1, 0.15) is 5.82 Å². The predicted molar refractivity (Wildman–Crippen MR) is 114 cm³/mol. The van der Waals surface area contributed by atoms with Crippen LogP contribution in [0, 0.1) is 5.82 Å². The molecular weight excluding hydrogens is 391 g/mol. The first-order valence-corrected chi connectivity index (χ1v) is 10.0. The first-order chi connectivity index (χ1) is 14.1. The molecule has 1 aliphatic heterocycles. The summed E-state index contributed by atoms with van der Waals surface area (Å²) in [6.07, 6.45) is 0. The fourth-order valence-electron chi connectivity index (χ4n) is 3.50. The Labute approximate surface area is 173 Å². The Morgan fingerprint density at radius 2 is 1.55 bits per heavy atom. The summed E-state index contributed by atoms with van der Waals surface area (Å²) in [7, 11) is 0. The van der Waals surface area contributed by atoms with E-state index in [1.807, 2.05) is 36.4 Å². The molecule has 1 aromatic heterocycles. The lowest BCUT2D eigenvalue weighted by molar-refractivity contribution is 0.243. The van der Waals surface area contributed by atoms with Crippen LogP contribution < -0.4 is 10.5 Å². The highest BCUT2D eigenvalue weighted by Crippen LogP contribution is 2.19. The molecule has 29 heavy (non-hydrogen) atoms. The SMILES string of the molecule is O=c1ccc(-c2ccc(Cl)cc2)nn1CCN1CCN(c2ccc(F)cc2)CC1. The van der Waals surface area contributed by atoms with Gasteiger partial charge in [0.05, 0.1) is 12.2 Å². The van der Waals surface area contributed by atoms with E-state index in [0.717, 1.165) is 49.7 Å². The van der Waals surface area contributed by atoms with E-state index in [0.29, 0.717) is 11.6 Å². The van der Waals surface area contributed by atoms with E-state index in [-0.39, 0.29) is 11.4 Å². The minimum atomic E-state index is -0.217. The normalized spacial score (nSPS) is 14.9. The van der Waals surface area contributed by atoms with Crippen LogP contribution in [-0.4, -0.2) is 47.4 Å². The summed E-state index contributed by atoms with van der Waals surface area (Å²) in [5, 5.41) is 5.18. The first-order valence-electron chi connectivity index (χ1n) is 9.65. The van der Waals surface area contributed by atoms with Gasteiger partial charge in [-0.1, -0.05) is 23.7 Å². The highest BCUT2D eigenvalue weighted by atomic mass is 35.5. The van der Waals surface area contributed by atoms with Crippen LogP contribution in [0.25, 0.3) is 11.3 Å². The minimum absolute atomic E-state index is 0.104. The van der Waals surface area contributed by atoms with Crippen LogP contribution in [0.2, 0.25) is 5.02 Å². The van der Waals surface area contributed by atoms with Crippen LogP contribution in [-0.2, 0) is 6.54 Å². The molecule has 0 N–H and O–H groups in total. The van der Waals surface area contributed by atoms with Gasteiger partial charge in [-0.25, -0.2) is 9.07 Å². The van der Waals surface area contributed by atoms with E-state index in [1.165, 1.54) is 16.8 Å². The number of anilines is 1. The van der Waals surface area contributed by atoms with E-state index in [4.69, 9.17) is 11.6 Å². The Bertz CT molecular complexity index is 1010. The third kappa shape index (κ3) is 4.83. The van der Waals surface area contributed by atoms with E-state index < -0.39 is 0 Å². The lowest BCUT2D eigenvalue weighted by Crippen LogP contribution is -2.47. The second-order valence-corrected chi connectivity index (χ2v) is 7.53. The molecule has 0 radical (unpaired) electrons. The van der Waals surface area contributed by atoms with Crippen LogP contribution >= 0.6 is 11.6 Å². The number of aromatic nitrogens is 2. The molecule has 0 spiro atoms. The number of benzene rings is 2. The summed E-state index contributed by atoms with van der Waals surface area (Å²) < 4.78 is 14.6. The molecule has 0 bridgehead atoms. The molecule has 4 rings (SSSR count). The van der Waals surface area contributed by atoms with Crippen molar-refractivity contribution < 1.29 is 4.39 Å². The van der Waals surface area contributed by atoms with Gasteiger partial charge in [-0.2, -0.15) is 5.10 Å². The third-order valence-corrected chi connectivity index (χ3v) is 5.45. The number of hydrogen-bond donors (Lipinski definition) is 0. The third-order valence-electron chi connectivity index (χ3n) is 5.20. The Kier molecular flexibility index (Phi) is 5.92. The second-order valence-electron chi connectivity index (χ2n) is 7.09. The Morgan fingerprint density at radius 1 is 0.862 bits per heavy atom. The van der Waals surface area contributed by atoms with Crippen LogP contribution in [0.15, 0.2) is 65.5 Å². The molecule has 150 valence electrons. The number of halogens is 2. The molecular formula is C22H22ClFN4O. The van der Waals surface area contributed by atoms with E-state index in [9.17, 15) is 9.18 Å². The van der Waals surface area contributed by atoms with Gasteiger partial charge in [0.25, 0.3) is 5.56 Å². The van der Waals surface area contributed by atoms with Crippen LogP contribution in [0.1, 0.15) is 0 Å². The van der Waals surface area contributed by atoms with Gasteiger partial charge in [-0.3, -0.25) is 9.69 Å². The van der Waals surface area contributed by atoms with Crippen LogP contribution in [0.5, 0.6) is 0 Å². The minimum Gasteiger partial charge on any atom is -0.369 e. The molecule has 2 heterocycles. The van der Waals surface area contributed by atoms with Crippen molar-refractivity contribution in [3.63, 3.8) is 0 Å². The molecule has 1 saturated heterocycles. The van der Waals surface area contributed by atoms with Gasteiger partial charge < -0.3 is 4.90 Å². The molecule has 3 aromatic rings. The van der Waals surface area contributed by atoms with Crippen molar-refractivity contribution in [1.29, 1.82) is 0 Å². The number of hydrogen-bond acceptors (Lipinski definition) is 4. The Balaban J connectivity index is 1.36. The quantitative estimate of drug-likeness (QED) is 0.643. The zero-order valence-corrected chi connectivity index (χ0v) is 16.7. The lowest BCUT2D eigenvalue weighted by Gasteiger charge is -2.36. The molecule has 1 aliphatic rings. The first kappa shape index (κ1) is 19.6. The van der Waals surface area contributed by atoms with Crippen molar-refractivity contribution in [3.8, 4) is 11.3 Å². The summed E-state index contributed by atoms with van der Waals surface area (Å²) in [6, 6.07) is 17.3. The Morgan fingerprint density at radius 3 is 2.24 bits per heavy atom. The van der Waals surface area contributed by atoms with Gasteiger partial charge in [-0.15, -0.1) is 0 Å². The zero-order chi connectivity index (χ0) is 20.2. The highest BCUT2D eigenvalue weighted by Gasteiger charge is 2.17. The summed E-state index contributed by atoms with van der Waals surface area (Å²) in [4.78, 5) is 16.8. The standard InChI is InChI=1S/C22H22ClFN4O/c23-18-3-1-17(2-4-18)21-9-10-22(29)28(25-21)16-13-26-11-14-27(15-12-26)20-7-5-19(24)6-8-20/h1-10H,11-16H2. The lowest BCUT2D eigenvalue weighted by atomic mass is 10.1. The maximum absolute atomic E-state index is 13.1. The molecule has 0 saturated carbocycles. The highest BCUT2D eigenvalue weighted by molar-refractivity contribution is 6.30. The zero-order valence-electron chi connectivity index (χ0n) is 16.0. The van der Waals surface area contributed by atoms with Crippen molar-refractivity contribution >= 4 is 17.3 Å². The largest absolute Gasteiger partial charge is 0.369 e. The van der Waals surface area contributed by atoms with Crippen molar-refractivity contribution in [3.05, 3.63) is 81.9 Å². The van der Waals surface area contributed by atoms with Crippen LogP contribution in [0.3, 0.4) is 0 Å². The molecule has 1 fully saturated rings. The Hall–Kier alpha value is -2.70. The number of rotatable bonds is 5. The summed E-state index contributed by atoms with van der Waals surface area (Å²) in [5.74, 6) is -0.217. The average Bonchev–Trinajstić information content (AvgIpc) is 2.75. The van der Waals surface area contributed by atoms with Crippen molar-refractivity contribution in [2.45, 2.75) is 6.54 Å². The molecule has 0 unspecified atom stereocenters. The topological polar surface area (TPSA) is 41.4 Å². The van der Waals surface area contributed by atoms with E-state index in [1.54, 1.807) is 12.1 Å². The van der Waals surface area contributed by atoms with Gasteiger partial charge in [0.2, 0.25) is 0 Å². The van der Waals surface area contributed by atoms with Crippen molar-refractivity contribution in [2.24, 2.45) is 0 Å². The molecule has 5 nitrogen and oxygen atoms in total. The van der Waals surface area contributed by atoms with Crippen LogP contribution in [0.4, 0.5) is 10.1 Å². The molecule has 0 atom stereocenters. The smallest absolute Gasteiger partial charge is 0.266 e. The van der Waals surface area contributed by atoms with E-state index >= 15 is 0 Å². The number of piperazine rings is 1. The predicted octanol–water partition coefficient (Wildman–Crippen LogP) is 3.53. The van der Waals surface area contributed by atoms with Gasteiger partial charge in [0.15, 0.2) is 0 Å². The summed E-state index contributed by atoms with van der Waals surface area (Å²) >= 11 is 5.95. The maximum Gasteiger partial charge on any atom is 0.266 e. The van der Waals surface area contributed by atoms with E-state index in [2.05, 4.69) is 14.9 Å². The van der Waals surface area contributed by atoms with Gasteiger partial charge >= 0.3 is 0 Å². The fourth-order valence-corrected chi connectivity index (χ4v) is 3.63. The molecule has 2 aromatic carbocycles. The second kappa shape index (κ2) is 8.76. The summed E-state index contributed by atoms with van der Waals surface area (Å²) in [5.41, 5.74) is 2.62.